The molecule has 0 saturated carbocycles. The highest BCUT2D eigenvalue weighted by atomic mass is 79.9. The molecule has 3 aromatic rings. The van der Waals surface area contributed by atoms with Gasteiger partial charge in [0.2, 0.25) is 5.82 Å². The van der Waals surface area contributed by atoms with Crippen molar-refractivity contribution in [2.24, 2.45) is 0 Å². The van der Waals surface area contributed by atoms with E-state index in [1.54, 1.807) is 0 Å². The molecule has 0 atom stereocenters. The Labute approximate surface area is 119 Å². The number of rotatable bonds is 2. The minimum Gasteiger partial charge on any atom is -0.452 e. The summed E-state index contributed by atoms with van der Waals surface area (Å²) in [4.78, 5) is 0. The lowest BCUT2D eigenvalue weighted by molar-refractivity contribution is 0.314. The van der Waals surface area contributed by atoms with E-state index in [-0.39, 0.29) is 17.0 Å². The van der Waals surface area contributed by atoms with Gasteiger partial charge in [0.15, 0.2) is 28.3 Å². The van der Waals surface area contributed by atoms with Crippen molar-refractivity contribution in [2.45, 2.75) is 0 Å². The number of hydrogen-bond acceptors (Lipinski definition) is 5. The van der Waals surface area contributed by atoms with Crippen molar-refractivity contribution in [2.75, 3.05) is 5.73 Å². The highest BCUT2D eigenvalue weighted by molar-refractivity contribution is 9.10. The molecule has 1 heterocycles. The lowest BCUT2D eigenvalue weighted by Crippen LogP contribution is -1.94. The van der Waals surface area contributed by atoms with Crippen molar-refractivity contribution in [1.29, 1.82) is 0 Å². The predicted molar refractivity (Wildman–Crippen MR) is 70.3 cm³/mol. The molecule has 0 radical (unpaired) electrons. The van der Waals surface area contributed by atoms with E-state index in [2.05, 4.69) is 30.9 Å². The van der Waals surface area contributed by atoms with Crippen molar-refractivity contribution in [3.05, 3.63) is 40.4 Å². The topological polar surface area (TPSA) is 74.2 Å². The number of anilines is 1. The summed E-state index contributed by atoms with van der Waals surface area (Å²) in [6, 6.07) is 5.28. The third-order valence-electron chi connectivity index (χ3n) is 2.59. The van der Waals surface area contributed by atoms with Crippen molar-refractivity contribution < 1.29 is 18.1 Å². The standard InChI is InChI=1S/C12H6BrF2N3O2/c13-5-3-6(14)10(15)9(4-5)19-8-2-1-7(16)11-12(8)18-20-17-11/h1-4H,16H2. The monoisotopic (exact) mass is 341 g/mol. The van der Waals surface area contributed by atoms with Crippen LogP contribution < -0.4 is 10.5 Å². The highest BCUT2D eigenvalue weighted by Crippen LogP contribution is 2.34. The van der Waals surface area contributed by atoms with Gasteiger partial charge in [0.25, 0.3) is 0 Å². The number of halogens is 3. The van der Waals surface area contributed by atoms with E-state index < -0.39 is 11.6 Å². The minimum absolute atomic E-state index is 0.159. The first kappa shape index (κ1) is 12.8. The van der Waals surface area contributed by atoms with Gasteiger partial charge < -0.3 is 10.5 Å². The van der Waals surface area contributed by atoms with Crippen molar-refractivity contribution in [1.82, 2.24) is 10.3 Å². The van der Waals surface area contributed by atoms with Gasteiger partial charge >= 0.3 is 0 Å². The summed E-state index contributed by atoms with van der Waals surface area (Å²) in [5.41, 5.74) is 6.54. The fourth-order valence-electron chi connectivity index (χ4n) is 1.67. The summed E-state index contributed by atoms with van der Waals surface area (Å²) in [5, 5.41) is 7.24. The van der Waals surface area contributed by atoms with E-state index in [1.807, 2.05) is 0 Å². The zero-order chi connectivity index (χ0) is 14.3. The summed E-state index contributed by atoms with van der Waals surface area (Å²) in [5.74, 6) is -2.26. The van der Waals surface area contributed by atoms with Gasteiger partial charge in [-0.25, -0.2) is 9.02 Å². The van der Waals surface area contributed by atoms with Crippen LogP contribution in [0.5, 0.6) is 11.5 Å². The average Bonchev–Trinajstić information content (AvgIpc) is 2.89. The average molecular weight is 342 g/mol. The number of fused-ring (bicyclic) bond motifs is 1. The summed E-state index contributed by atoms with van der Waals surface area (Å²) in [7, 11) is 0. The van der Waals surface area contributed by atoms with Crippen LogP contribution in [0, 0.1) is 11.6 Å². The third-order valence-corrected chi connectivity index (χ3v) is 3.05. The normalized spacial score (nSPS) is 10.9. The molecule has 0 amide bonds. The molecule has 0 fully saturated rings. The van der Waals surface area contributed by atoms with Crippen LogP contribution >= 0.6 is 15.9 Å². The van der Waals surface area contributed by atoms with E-state index >= 15 is 0 Å². The molecular weight excluding hydrogens is 336 g/mol. The second kappa shape index (κ2) is 4.71. The van der Waals surface area contributed by atoms with Gasteiger partial charge in [-0.05, 0) is 34.6 Å². The number of nitrogens with two attached hydrogens (primary N) is 1. The Hall–Kier alpha value is -2.22. The maximum Gasteiger partial charge on any atom is 0.201 e. The molecule has 1 aromatic heterocycles. The van der Waals surface area contributed by atoms with Crippen LogP contribution in [0.4, 0.5) is 14.5 Å². The first-order valence-electron chi connectivity index (χ1n) is 5.39. The molecule has 2 N–H and O–H groups in total. The van der Waals surface area contributed by atoms with E-state index in [1.165, 1.54) is 18.2 Å². The van der Waals surface area contributed by atoms with Crippen molar-refractivity contribution in [3.8, 4) is 11.5 Å². The second-order valence-corrected chi connectivity index (χ2v) is 4.83. The molecule has 2 aromatic carbocycles. The molecule has 0 spiro atoms. The maximum atomic E-state index is 13.7. The molecule has 0 saturated heterocycles. The molecule has 0 aliphatic carbocycles. The van der Waals surface area contributed by atoms with Crippen LogP contribution in [0.2, 0.25) is 0 Å². The molecule has 20 heavy (non-hydrogen) atoms. The van der Waals surface area contributed by atoms with Crippen molar-refractivity contribution >= 4 is 32.7 Å². The van der Waals surface area contributed by atoms with Gasteiger partial charge in [-0.2, -0.15) is 4.39 Å². The fraction of sp³-hybridized carbons (Fsp3) is 0. The smallest absolute Gasteiger partial charge is 0.201 e. The molecule has 102 valence electrons. The van der Waals surface area contributed by atoms with Gasteiger partial charge in [0.1, 0.15) is 0 Å². The first-order valence-corrected chi connectivity index (χ1v) is 6.18. The molecular formula is C12H6BrF2N3O2. The van der Waals surface area contributed by atoms with Crippen LogP contribution in [0.3, 0.4) is 0 Å². The fourth-order valence-corrected chi connectivity index (χ4v) is 2.08. The molecule has 0 aliphatic heterocycles. The number of benzene rings is 2. The molecule has 0 aliphatic rings. The molecule has 3 rings (SSSR count). The Morgan fingerprint density at radius 2 is 1.85 bits per heavy atom. The Kier molecular flexibility index (Phi) is 3.01. The summed E-state index contributed by atoms with van der Waals surface area (Å²) in [6.07, 6.45) is 0. The predicted octanol–water partition coefficient (Wildman–Crippen LogP) is 3.64. The van der Waals surface area contributed by atoms with Gasteiger partial charge in [-0.1, -0.05) is 15.9 Å². The quantitative estimate of drug-likeness (QED) is 0.569. The first-order chi connectivity index (χ1) is 9.56. The summed E-state index contributed by atoms with van der Waals surface area (Å²) < 4.78 is 37.2. The van der Waals surface area contributed by atoms with E-state index in [0.29, 0.717) is 15.7 Å². The van der Waals surface area contributed by atoms with Gasteiger partial charge in [-0.15, -0.1) is 0 Å². The second-order valence-electron chi connectivity index (χ2n) is 3.92. The van der Waals surface area contributed by atoms with Crippen LogP contribution in [0.15, 0.2) is 33.4 Å². The minimum atomic E-state index is -1.10. The van der Waals surface area contributed by atoms with Gasteiger partial charge in [0, 0.05) is 4.47 Å². The van der Waals surface area contributed by atoms with Crippen LogP contribution in [-0.2, 0) is 0 Å². The molecule has 8 heteroatoms. The molecule has 0 unspecified atom stereocenters. The number of nitrogens with zero attached hydrogens (tertiary/aromatic N) is 2. The largest absolute Gasteiger partial charge is 0.452 e. The number of aromatic nitrogens is 2. The SMILES string of the molecule is Nc1ccc(Oc2cc(Br)cc(F)c2F)c2nonc12. The maximum absolute atomic E-state index is 13.7. The molecule has 5 nitrogen and oxygen atoms in total. The van der Waals surface area contributed by atoms with Crippen molar-refractivity contribution in [3.63, 3.8) is 0 Å². The van der Waals surface area contributed by atoms with Crippen LogP contribution in [-0.4, -0.2) is 10.3 Å². The van der Waals surface area contributed by atoms with E-state index in [0.717, 1.165) is 6.07 Å². The van der Waals surface area contributed by atoms with Crippen LogP contribution in [0.1, 0.15) is 0 Å². The number of ether oxygens (including phenoxy) is 1. The zero-order valence-corrected chi connectivity index (χ0v) is 11.3. The lowest BCUT2D eigenvalue weighted by Gasteiger charge is -2.08. The zero-order valence-electron chi connectivity index (χ0n) is 9.73. The Bertz CT molecular complexity index is 807. The van der Waals surface area contributed by atoms with E-state index in [9.17, 15) is 8.78 Å². The van der Waals surface area contributed by atoms with E-state index in [4.69, 9.17) is 10.5 Å². The summed E-state index contributed by atoms with van der Waals surface area (Å²) in [6.45, 7) is 0. The Balaban J connectivity index is 2.10. The van der Waals surface area contributed by atoms with Crippen LogP contribution in [0.25, 0.3) is 11.0 Å². The molecule has 0 bridgehead atoms. The van der Waals surface area contributed by atoms with Gasteiger partial charge in [0.05, 0.1) is 5.69 Å². The highest BCUT2D eigenvalue weighted by Gasteiger charge is 2.16. The third kappa shape index (κ3) is 2.07. The Morgan fingerprint density at radius 1 is 1.10 bits per heavy atom. The Morgan fingerprint density at radius 3 is 2.65 bits per heavy atom. The van der Waals surface area contributed by atoms with Gasteiger partial charge in [-0.3, -0.25) is 0 Å². The number of nitrogen functional groups attached to an aromatic ring is 1. The lowest BCUT2D eigenvalue weighted by atomic mass is 10.2. The summed E-state index contributed by atoms with van der Waals surface area (Å²) >= 11 is 3.06. The number of hydrogen-bond donors (Lipinski definition) is 1.